The molecule has 0 saturated carbocycles. The van der Waals surface area contributed by atoms with Crippen LogP contribution in [-0.4, -0.2) is 15.7 Å². The van der Waals surface area contributed by atoms with Gasteiger partial charge in [-0.2, -0.15) is 5.10 Å². The van der Waals surface area contributed by atoms with E-state index in [0.717, 1.165) is 21.3 Å². The number of carbonyl (C=O) groups excluding carboxylic acids is 1. The summed E-state index contributed by atoms with van der Waals surface area (Å²) in [5.74, 6) is -0.117. The van der Waals surface area contributed by atoms with Crippen LogP contribution >= 0.6 is 15.9 Å². The molecule has 7 heteroatoms. The van der Waals surface area contributed by atoms with Crippen LogP contribution in [-0.2, 0) is 0 Å². The minimum Gasteiger partial charge on any atom is -0.339 e. The highest BCUT2D eigenvalue weighted by Gasteiger charge is 2.29. The maximum atomic E-state index is 14.8. The molecular weight excluding hydrogens is 483 g/mol. The number of amides is 1. The van der Waals surface area contributed by atoms with Crippen molar-refractivity contribution in [2.24, 2.45) is 0 Å². The molecular formula is C26H20BrFN4O. The summed E-state index contributed by atoms with van der Waals surface area (Å²) in [6, 6.07) is 21.5. The highest BCUT2D eigenvalue weighted by Crippen LogP contribution is 2.36. The third kappa shape index (κ3) is 4.19. The van der Waals surface area contributed by atoms with Gasteiger partial charge in [-0.05, 0) is 48.9 Å². The third-order valence-corrected chi connectivity index (χ3v) is 6.10. The Morgan fingerprint density at radius 1 is 1.06 bits per heavy atom. The van der Waals surface area contributed by atoms with E-state index in [1.807, 2.05) is 61.5 Å². The molecule has 4 aromatic rings. The fourth-order valence-electron chi connectivity index (χ4n) is 3.83. The molecule has 0 spiro atoms. The Morgan fingerprint density at radius 2 is 1.79 bits per heavy atom. The zero-order valence-electron chi connectivity index (χ0n) is 17.7. The molecule has 1 unspecified atom stereocenters. The van der Waals surface area contributed by atoms with Gasteiger partial charge in [0.25, 0.3) is 5.91 Å². The quantitative estimate of drug-likeness (QED) is 0.339. The van der Waals surface area contributed by atoms with Crippen molar-refractivity contribution >= 4 is 39.0 Å². The molecule has 164 valence electrons. The maximum absolute atomic E-state index is 14.8. The maximum Gasteiger partial charge on any atom is 0.261 e. The molecule has 0 bridgehead atoms. The molecule has 1 amide bonds. The molecule has 0 saturated heterocycles. The smallest absolute Gasteiger partial charge is 0.261 e. The predicted molar refractivity (Wildman–Crippen MR) is 132 cm³/mol. The van der Waals surface area contributed by atoms with E-state index in [0.29, 0.717) is 22.6 Å². The molecule has 5 rings (SSSR count). The number of aromatic nitrogens is 2. The van der Waals surface area contributed by atoms with Gasteiger partial charge in [-0.25, -0.2) is 9.07 Å². The normalized spacial score (nSPS) is 14.8. The lowest BCUT2D eigenvalue weighted by Crippen LogP contribution is -2.22. The third-order valence-electron chi connectivity index (χ3n) is 5.57. The summed E-state index contributed by atoms with van der Waals surface area (Å²) in [7, 11) is 0. The van der Waals surface area contributed by atoms with Crippen LogP contribution in [0.5, 0.6) is 0 Å². The number of hydrogen-bond donors (Lipinski definition) is 2. The summed E-state index contributed by atoms with van der Waals surface area (Å²) < 4.78 is 17.4. The van der Waals surface area contributed by atoms with Crippen LogP contribution in [0.25, 0.3) is 5.70 Å². The number of fused-ring (bicyclic) bond motifs is 1. The van der Waals surface area contributed by atoms with Crippen molar-refractivity contribution in [1.82, 2.24) is 9.78 Å². The first-order valence-corrected chi connectivity index (χ1v) is 11.2. The minimum atomic E-state index is -0.512. The Hall–Kier alpha value is -3.71. The van der Waals surface area contributed by atoms with Crippen LogP contribution in [0.1, 0.15) is 33.1 Å². The topological polar surface area (TPSA) is 59.0 Å². The van der Waals surface area contributed by atoms with E-state index >= 15 is 0 Å². The molecule has 1 aliphatic heterocycles. The van der Waals surface area contributed by atoms with Gasteiger partial charge in [-0.15, -0.1) is 0 Å². The first-order chi connectivity index (χ1) is 16.0. The summed E-state index contributed by atoms with van der Waals surface area (Å²) in [4.78, 5) is 13.1. The highest BCUT2D eigenvalue weighted by molar-refractivity contribution is 9.10. The van der Waals surface area contributed by atoms with E-state index in [-0.39, 0.29) is 11.7 Å². The highest BCUT2D eigenvalue weighted by atomic mass is 79.9. The van der Waals surface area contributed by atoms with Gasteiger partial charge < -0.3 is 10.6 Å². The average molecular weight is 503 g/mol. The summed E-state index contributed by atoms with van der Waals surface area (Å²) in [6.45, 7) is 1.99. The lowest BCUT2D eigenvalue weighted by Gasteiger charge is -2.26. The van der Waals surface area contributed by atoms with Gasteiger partial charge in [0, 0.05) is 21.4 Å². The largest absolute Gasteiger partial charge is 0.339 e. The standard InChI is InChI=1S/C26H20BrFN4O/c1-16-6-12-19(13-7-16)30-26(33)21-15-29-32-24(20-4-2-3-5-22(20)28)14-23(31-25(21)32)17-8-10-18(27)11-9-17/h2-15,24,31H,1H3,(H,30,33). The summed E-state index contributed by atoms with van der Waals surface area (Å²) in [5, 5.41) is 10.7. The van der Waals surface area contributed by atoms with Gasteiger partial charge >= 0.3 is 0 Å². The van der Waals surface area contributed by atoms with Crippen molar-refractivity contribution in [2.75, 3.05) is 10.6 Å². The molecule has 33 heavy (non-hydrogen) atoms. The van der Waals surface area contributed by atoms with Crippen molar-refractivity contribution in [3.8, 4) is 0 Å². The van der Waals surface area contributed by atoms with E-state index in [4.69, 9.17) is 0 Å². The summed E-state index contributed by atoms with van der Waals surface area (Å²) >= 11 is 3.46. The molecule has 0 fully saturated rings. The molecule has 5 nitrogen and oxygen atoms in total. The Balaban J connectivity index is 1.56. The predicted octanol–water partition coefficient (Wildman–Crippen LogP) is 6.40. The number of nitrogens with zero attached hydrogens (tertiary/aromatic N) is 2. The summed E-state index contributed by atoms with van der Waals surface area (Å²) in [6.07, 6.45) is 3.43. The number of hydrogen-bond acceptors (Lipinski definition) is 3. The number of benzene rings is 3. The Kier molecular flexibility index (Phi) is 5.56. The van der Waals surface area contributed by atoms with Crippen LogP contribution in [0.2, 0.25) is 0 Å². The number of allylic oxidation sites excluding steroid dienone is 1. The summed E-state index contributed by atoms with van der Waals surface area (Å²) in [5.41, 5.74) is 4.33. The molecule has 2 heterocycles. The fourth-order valence-corrected chi connectivity index (χ4v) is 4.10. The monoisotopic (exact) mass is 502 g/mol. The van der Waals surface area contributed by atoms with Crippen molar-refractivity contribution < 1.29 is 9.18 Å². The fraction of sp³-hybridized carbons (Fsp3) is 0.0769. The van der Waals surface area contributed by atoms with E-state index in [1.54, 1.807) is 22.9 Å². The first kappa shape index (κ1) is 21.2. The van der Waals surface area contributed by atoms with Gasteiger partial charge in [0.1, 0.15) is 23.2 Å². The molecule has 1 aliphatic rings. The van der Waals surface area contributed by atoms with Crippen molar-refractivity contribution in [3.05, 3.63) is 118 Å². The second kappa shape index (κ2) is 8.67. The second-order valence-corrected chi connectivity index (χ2v) is 8.77. The lowest BCUT2D eigenvalue weighted by atomic mass is 10.0. The first-order valence-electron chi connectivity index (χ1n) is 10.4. The molecule has 1 aromatic heterocycles. The molecule has 1 atom stereocenters. The Morgan fingerprint density at radius 3 is 2.52 bits per heavy atom. The van der Waals surface area contributed by atoms with Gasteiger partial charge in [-0.3, -0.25) is 4.79 Å². The van der Waals surface area contributed by atoms with E-state index in [1.165, 1.54) is 12.3 Å². The Labute approximate surface area is 199 Å². The second-order valence-electron chi connectivity index (χ2n) is 7.85. The number of carbonyl (C=O) groups is 1. The number of rotatable bonds is 4. The lowest BCUT2D eigenvalue weighted by molar-refractivity contribution is 0.102. The van der Waals surface area contributed by atoms with Crippen LogP contribution in [0.4, 0.5) is 15.9 Å². The van der Waals surface area contributed by atoms with Crippen LogP contribution in [0.3, 0.4) is 0 Å². The molecule has 2 N–H and O–H groups in total. The molecule has 0 radical (unpaired) electrons. The van der Waals surface area contributed by atoms with Gasteiger partial charge in [0.05, 0.1) is 6.20 Å². The minimum absolute atomic E-state index is 0.294. The number of anilines is 2. The van der Waals surface area contributed by atoms with Crippen LogP contribution in [0, 0.1) is 12.7 Å². The number of nitrogens with one attached hydrogen (secondary N) is 2. The van der Waals surface area contributed by atoms with Crippen molar-refractivity contribution in [2.45, 2.75) is 13.0 Å². The van der Waals surface area contributed by atoms with Gasteiger partial charge in [-0.1, -0.05) is 64.0 Å². The average Bonchev–Trinajstić information content (AvgIpc) is 3.25. The van der Waals surface area contributed by atoms with Crippen molar-refractivity contribution in [3.63, 3.8) is 0 Å². The van der Waals surface area contributed by atoms with Gasteiger partial charge in [0.2, 0.25) is 0 Å². The van der Waals surface area contributed by atoms with Gasteiger partial charge in [0.15, 0.2) is 0 Å². The molecule has 3 aromatic carbocycles. The number of halogens is 2. The zero-order chi connectivity index (χ0) is 22.9. The number of aryl methyl sites for hydroxylation is 1. The molecule has 0 aliphatic carbocycles. The van der Waals surface area contributed by atoms with E-state index in [9.17, 15) is 9.18 Å². The SMILES string of the molecule is Cc1ccc(NC(=O)c2cnn3c2NC(c2ccc(Br)cc2)=CC3c2ccccc2F)cc1. The Bertz CT molecular complexity index is 1360. The van der Waals surface area contributed by atoms with Crippen LogP contribution < -0.4 is 10.6 Å². The zero-order valence-corrected chi connectivity index (χ0v) is 19.3. The van der Waals surface area contributed by atoms with Crippen molar-refractivity contribution in [1.29, 1.82) is 0 Å². The van der Waals surface area contributed by atoms with Crippen LogP contribution in [0.15, 0.2) is 89.5 Å². The van der Waals surface area contributed by atoms with E-state index in [2.05, 4.69) is 31.7 Å². The van der Waals surface area contributed by atoms with E-state index < -0.39 is 6.04 Å².